The van der Waals surface area contributed by atoms with Gasteiger partial charge in [-0.1, -0.05) is 200 Å². The lowest BCUT2D eigenvalue weighted by molar-refractivity contribution is 1.16. The molecule has 0 atom stereocenters. The van der Waals surface area contributed by atoms with Crippen molar-refractivity contribution >= 4 is 32.6 Å². The van der Waals surface area contributed by atoms with Crippen molar-refractivity contribution in [2.24, 2.45) is 0 Å². The number of para-hydroxylation sites is 2. The molecule has 0 aliphatic heterocycles. The van der Waals surface area contributed by atoms with Crippen molar-refractivity contribution in [2.75, 3.05) is 0 Å². The van der Waals surface area contributed by atoms with E-state index in [-0.39, 0.29) is 0 Å². The highest BCUT2D eigenvalue weighted by molar-refractivity contribution is 6.09. The first kappa shape index (κ1) is 38.0. The molecular weight excluding hydrogens is 787 g/mol. The fraction of sp³-hybridized carbons (Fsp3) is 0. The number of fused-ring (bicyclic) bond motifs is 4. The molecule has 0 aliphatic carbocycles. The lowest BCUT2D eigenvalue weighted by atomic mass is 9.95. The maximum atomic E-state index is 5.35. The zero-order valence-corrected chi connectivity index (χ0v) is 35.5. The van der Waals surface area contributed by atoms with E-state index >= 15 is 0 Å². The van der Waals surface area contributed by atoms with Crippen LogP contribution in [-0.4, -0.2) is 14.5 Å². The lowest BCUT2D eigenvalue weighted by Crippen LogP contribution is -1.98. The highest BCUT2D eigenvalue weighted by Gasteiger charge is 2.16. The third-order valence-corrected chi connectivity index (χ3v) is 12.6. The van der Waals surface area contributed by atoms with Crippen molar-refractivity contribution in [2.45, 2.75) is 0 Å². The van der Waals surface area contributed by atoms with Crippen LogP contribution in [0.15, 0.2) is 249 Å². The minimum absolute atomic E-state index is 0.671. The Labute approximate surface area is 378 Å². The van der Waals surface area contributed by atoms with Gasteiger partial charge in [-0.3, -0.25) is 0 Å². The number of rotatable bonds is 8. The molecule has 2 aromatic heterocycles. The molecule has 0 amide bonds. The average Bonchev–Trinajstić information content (AvgIpc) is 3.73. The molecule has 304 valence electrons. The van der Waals surface area contributed by atoms with Crippen molar-refractivity contribution < 1.29 is 0 Å². The van der Waals surface area contributed by atoms with E-state index in [1.807, 2.05) is 0 Å². The molecule has 10 aromatic carbocycles. The van der Waals surface area contributed by atoms with Crippen LogP contribution in [0.1, 0.15) is 0 Å². The van der Waals surface area contributed by atoms with Gasteiger partial charge in [-0.05, 0) is 104 Å². The first-order valence-corrected chi connectivity index (χ1v) is 22.1. The molecule has 2 heterocycles. The zero-order valence-electron chi connectivity index (χ0n) is 35.5. The quantitative estimate of drug-likeness (QED) is 0.153. The van der Waals surface area contributed by atoms with Crippen LogP contribution in [0.5, 0.6) is 0 Å². The number of hydrogen-bond acceptors (Lipinski definition) is 2. The minimum Gasteiger partial charge on any atom is -0.309 e. The van der Waals surface area contributed by atoms with Crippen LogP contribution < -0.4 is 0 Å². The van der Waals surface area contributed by atoms with Crippen molar-refractivity contribution in [3.05, 3.63) is 249 Å². The second-order valence-corrected chi connectivity index (χ2v) is 16.6. The Balaban J connectivity index is 0.955. The predicted molar refractivity (Wildman–Crippen MR) is 272 cm³/mol. The molecule has 0 bridgehead atoms. The van der Waals surface area contributed by atoms with E-state index in [0.717, 1.165) is 61.5 Å². The molecule has 0 N–H and O–H groups in total. The number of hydrogen-bond donors (Lipinski definition) is 0. The summed E-state index contributed by atoms with van der Waals surface area (Å²) in [6.45, 7) is 0. The number of aromatic nitrogens is 3. The molecule has 65 heavy (non-hydrogen) atoms. The first-order chi connectivity index (χ1) is 32.2. The third-order valence-electron chi connectivity index (χ3n) is 12.6. The Kier molecular flexibility index (Phi) is 9.50. The van der Waals surface area contributed by atoms with E-state index in [1.165, 1.54) is 49.4 Å². The molecule has 0 saturated carbocycles. The van der Waals surface area contributed by atoms with E-state index in [4.69, 9.17) is 9.97 Å². The van der Waals surface area contributed by atoms with Gasteiger partial charge in [0.25, 0.3) is 0 Å². The van der Waals surface area contributed by atoms with Crippen LogP contribution in [0, 0.1) is 0 Å². The van der Waals surface area contributed by atoms with Gasteiger partial charge < -0.3 is 4.57 Å². The second-order valence-electron chi connectivity index (χ2n) is 16.6. The molecule has 12 aromatic rings. The van der Waals surface area contributed by atoms with E-state index in [2.05, 4.69) is 253 Å². The van der Waals surface area contributed by atoms with E-state index < -0.39 is 0 Å². The standard InChI is InChI=1S/C62H41N3/c1-2-15-42(16-3-1)46-19-10-21-48(37-46)49-22-11-20-47(38-49)43-33-35-45(36-34-43)58-41-59(51-24-12-23-50(39-51)55-30-14-18-44-17-4-5-27-54(44)55)64-62(63-58)52-25-13-26-53(40-52)65-60-31-8-6-28-56(60)57-29-7-9-32-61(57)65/h1-41H. The Hall–Kier alpha value is -8.66. The van der Waals surface area contributed by atoms with E-state index in [9.17, 15) is 0 Å². The van der Waals surface area contributed by atoms with Crippen molar-refractivity contribution in [3.8, 4) is 84.1 Å². The largest absolute Gasteiger partial charge is 0.309 e. The molecule has 0 aliphatic rings. The maximum Gasteiger partial charge on any atom is 0.160 e. The van der Waals surface area contributed by atoms with Crippen molar-refractivity contribution in [1.29, 1.82) is 0 Å². The van der Waals surface area contributed by atoms with Gasteiger partial charge in [-0.2, -0.15) is 0 Å². The monoisotopic (exact) mass is 827 g/mol. The van der Waals surface area contributed by atoms with Crippen LogP contribution in [0.3, 0.4) is 0 Å². The van der Waals surface area contributed by atoms with Gasteiger partial charge >= 0.3 is 0 Å². The maximum absolute atomic E-state index is 5.35. The molecule has 12 rings (SSSR count). The van der Waals surface area contributed by atoms with Gasteiger partial charge in [0, 0.05) is 33.2 Å². The van der Waals surface area contributed by atoms with Gasteiger partial charge in [0.05, 0.1) is 22.4 Å². The number of nitrogens with zero attached hydrogens (tertiary/aromatic N) is 3. The molecule has 3 nitrogen and oxygen atoms in total. The second kappa shape index (κ2) is 16.2. The normalized spacial score (nSPS) is 11.4. The highest BCUT2D eigenvalue weighted by atomic mass is 15.0. The summed E-state index contributed by atoms with van der Waals surface area (Å²) in [5.41, 5.74) is 17.6. The van der Waals surface area contributed by atoms with Gasteiger partial charge in [0.2, 0.25) is 0 Å². The Bertz CT molecular complexity index is 3650. The summed E-state index contributed by atoms with van der Waals surface area (Å²) in [5.74, 6) is 0.671. The van der Waals surface area contributed by atoms with Gasteiger partial charge in [-0.15, -0.1) is 0 Å². The van der Waals surface area contributed by atoms with Crippen LogP contribution in [0.25, 0.3) is 117 Å². The van der Waals surface area contributed by atoms with Crippen molar-refractivity contribution in [1.82, 2.24) is 14.5 Å². The smallest absolute Gasteiger partial charge is 0.160 e. The Morgan fingerprint density at radius 2 is 0.708 bits per heavy atom. The summed E-state index contributed by atoms with van der Waals surface area (Å²) in [4.78, 5) is 10.7. The summed E-state index contributed by atoms with van der Waals surface area (Å²) in [5, 5.41) is 4.90. The van der Waals surface area contributed by atoms with Crippen LogP contribution in [-0.2, 0) is 0 Å². The first-order valence-electron chi connectivity index (χ1n) is 22.1. The highest BCUT2D eigenvalue weighted by Crippen LogP contribution is 2.37. The molecule has 0 spiro atoms. The zero-order chi connectivity index (χ0) is 43.1. The SMILES string of the molecule is c1ccc(-c2cccc(-c3cccc(-c4ccc(-c5cc(-c6cccc(-c7cccc8ccccc78)c6)nc(-c6cccc(-n7c8ccccc8c8ccccc87)c6)n5)cc4)c3)c2)cc1. The molecule has 0 fully saturated rings. The molecule has 3 heteroatoms. The van der Waals surface area contributed by atoms with Crippen molar-refractivity contribution in [3.63, 3.8) is 0 Å². The van der Waals surface area contributed by atoms with Crippen LogP contribution >= 0.6 is 0 Å². The van der Waals surface area contributed by atoms with Gasteiger partial charge in [-0.25, -0.2) is 9.97 Å². The molecule has 0 radical (unpaired) electrons. The summed E-state index contributed by atoms with van der Waals surface area (Å²) >= 11 is 0. The Morgan fingerprint density at radius 3 is 1.40 bits per heavy atom. The van der Waals surface area contributed by atoms with Gasteiger partial charge in [0.1, 0.15) is 0 Å². The Morgan fingerprint density at radius 1 is 0.262 bits per heavy atom. The molecule has 0 saturated heterocycles. The molecular formula is C62H41N3. The topological polar surface area (TPSA) is 30.7 Å². The van der Waals surface area contributed by atoms with Crippen LogP contribution in [0.4, 0.5) is 0 Å². The minimum atomic E-state index is 0.671. The van der Waals surface area contributed by atoms with E-state index in [1.54, 1.807) is 0 Å². The van der Waals surface area contributed by atoms with E-state index in [0.29, 0.717) is 5.82 Å². The van der Waals surface area contributed by atoms with Gasteiger partial charge in [0.15, 0.2) is 5.82 Å². The molecule has 0 unspecified atom stereocenters. The fourth-order valence-electron chi connectivity index (χ4n) is 9.40. The summed E-state index contributed by atoms with van der Waals surface area (Å²) < 4.78 is 2.35. The lowest BCUT2D eigenvalue weighted by Gasteiger charge is -2.13. The summed E-state index contributed by atoms with van der Waals surface area (Å²) in [6.07, 6.45) is 0. The summed E-state index contributed by atoms with van der Waals surface area (Å²) in [6, 6.07) is 88.8. The fourth-order valence-corrected chi connectivity index (χ4v) is 9.40. The number of benzene rings is 10. The third kappa shape index (κ3) is 7.16. The average molecular weight is 828 g/mol. The summed E-state index contributed by atoms with van der Waals surface area (Å²) in [7, 11) is 0. The van der Waals surface area contributed by atoms with Crippen LogP contribution in [0.2, 0.25) is 0 Å². The predicted octanol–water partition coefficient (Wildman–Crippen LogP) is 16.4.